The second-order valence-electron chi connectivity index (χ2n) is 5.89. The Labute approximate surface area is 149 Å². The molecule has 0 saturated carbocycles. The summed E-state index contributed by atoms with van der Waals surface area (Å²) in [5, 5.41) is 15.0. The highest BCUT2D eigenvalue weighted by atomic mass is 35.5. The number of nitrogens with zero attached hydrogens (tertiary/aromatic N) is 4. The number of aromatic nitrogens is 2. The van der Waals surface area contributed by atoms with E-state index in [1.165, 1.54) is 11.8 Å². The molecule has 2 unspecified atom stereocenters. The first-order valence-electron chi connectivity index (χ1n) is 7.88. The lowest BCUT2D eigenvalue weighted by Crippen LogP contribution is -2.51. The van der Waals surface area contributed by atoms with Crippen molar-refractivity contribution in [1.29, 1.82) is 0 Å². The summed E-state index contributed by atoms with van der Waals surface area (Å²) >= 11 is 8.04. The van der Waals surface area contributed by atoms with Gasteiger partial charge in [0.05, 0.1) is 35.0 Å². The van der Waals surface area contributed by atoms with Crippen LogP contribution < -0.4 is 0 Å². The van der Waals surface area contributed by atoms with Crippen LogP contribution in [0.3, 0.4) is 0 Å². The zero-order valence-corrected chi connectivity index (χ0v) is 14.9. The van der Waals surface area contributed by atoms with Crippen LogP contribution in [0.4, 0.5) is 0 Å². The maximum Gasteiger partial charge on any atom is 0.138 e. The van der Waals surface area contributed by atoms with Crippen LogP contribution in [0.5, 0.6) is 0 Å². The minimum Gasteiger partial charge on any atom is -0.379 e. The number of fused-ring (bicyclic) bond motifs is 1. The Balaban J connectivity index is 1.62. The lowest BCUT2D eigenvalue weighted by atomic mass is 10.2. The van der Waals surface area contributed by atoms with Crippen molar-refractivity contribution in [2.45, 2.75) is 11.6 Å². The molecule has 24 heavy (non-hydrogen) atoms. The highest BCUT2D eigenvalue weighted by Gasteiger charge is 2.38. The number of hydrogen-bond acceptors (Lipinski definition) is 6. The normalized spacial score (nSPS) is 24.1. The first kappa shape index (κ1) is 16.2. The number of thioether (sulfide) groups is 1. The third-order valence-electron chi connectivity index (χ3n) is 4.50. The summed E-state index contributed by atoms with van der Waals surface area (Å²) in [6.07, 6.45) is 3.14. The maximum atomic E-state index is 10.8. The predicted octanol–water partition coefficient (Wildman–Crippen LogP) is 1.85. The molecule has 2 aromatic rings. The van der Waals surface area contributed by atoms with E-state index in [1.54, 1.807) is 0 Å². The third kappa shape index (κ3) is 2.70. The molecule has 1 N–H and O–H groups in total. The molecule has 0 radical (unpaired) electrons. The van der Waals surface area contributed by atoms with Gasteiger partial charge in [-0.2, -0.15) is 5.10 Å². The van der Waals surface area contributed by atoms with Crippen molar-refractivity contribution >= 4 is 34.6 Å². The highest BCUT2D eigenvalue weighted by molar-refractivity contribution is 8.05. The molecule has 2 aromatic heterocycles. The van der Waals surface area contributed by atoms with Crippen LogP contribution in [0.25, 0.3) is 11.2 Å². The number of pyridine rings is 1. The van der Waals surface area contributed by atoms with Crippen LogP contribution in [0.15, 0.2) is 35.0 Å². The molecule has 0 aliphatic carbocycles. The Hall–Kier alpha value is -1.25. The molecule has 1 saturated heterocycles. The average Bonchev–Trinajstić information content (AvgIpc) is 3.16. The number of aliphatic hydroxyl groups is 1. The van der Waals surface area contributed by atoms with Gasteiger partial charge < -0.3 is 14.7 Å². The van der Waals surface area contributed by atoms with E-state index in [4.69, 9.17) is 16.3 Å². The van der Waals surface area contributed by atoms with Gasteiger partial charge in [0, 0.05) is 31.9 Å². The number of ether oxygens (including phenoxy) is 1. The van der Waals surface area contributed by atoms with Crippen molar-refractivity contribution in [3.8, 4) is 0 Å². The monoisotopic (exact) mass is 366 g/mol. The van der Waals surface area contributed by atoms with Gasteiger partial charge in [0.2, 0.25) is 0 Å². The molecule has 4 heterocycles. The van der Waals surface area contributed by atoms with Crippen LogP contribution in [-0.4, -0.2) is 69.5 Å². The molecule has 2 aliphatic rings. The van der Waals surface area contributed by atoms with Crippen molar-refractivity contribution in [3.63, 3.8) is 0 Å². The number of hydrogen-bond donors (Lipinski definition) is 1. The van der Waals surface area contributed by atoms with Gasteiger partial charge in [-0.05, 0) is 12.1 Å². The maximum absolute atomic E-state index is 10.8. The van der Waals surface area contributed by atoms with Crippen LogP contribution in [0.1, 0.15) is 5.56 Å². The summed E-state index contributed by atoms with van der Waals surface area (Å²) in [4.78, 5) is 4.10. The van der Waals surface area contributed by atoms with Gasteiger partial charge in [-0.3, -0.25) is 4.90 Å². The smallest absolute Gasteiger partial charge is 0.138 e. The van der Waals surface area contributed by atoms with E-state index < -0.39 is 6.23 Å². The Morgan fingerprint density at radius 3 is 2.96 bits per heavy atom. The van der Waals surface area contributed by atoms with Gasteiger partial charge in [-0.15, -0.1) is 0 Å². The van der Waals surface area contributed by atoms with Gasteiger partial charge in [-0.25, -0.2) is 4.52 Å². The molecule has 128 valence electrons. The van der Waals surface area contributed by atoms with E-state index in [0.29, 0.717) is 17.6 Å². The van der Waals surface area contributed by atoms with Gasteiger partial charge in [0.1, 0.15) is 11.6 Å². The largest absolute Gasteiger partial charge is 0.379 e. The molecule has 0 amide bonds. The molecular weight excluding hydrogens is 348 g/mol. The van der Waals surface area contributed by atoms with Crippen molar-refractivity contribution < 1.29 is 9.84 Å². The van der Waals surface area contributed by atoms with E-state index in [0.717, 1.165) is 29.9 Å². The average molecular weight is 367 g/mol. The molecule has 2 aliphatic heterocycles. The fourth-order valence-corrected chi connectivity index (χ4v) is 4.85. The summed E-state index contributed by atoms with van der Waals surface area (Å²) in [7, 11) is 1.97. The lowest BCUT2D eigenvalue weighted by molar-refractivity contribution is -0.0698. The number of halogens is 1. The van der Waals surface area contributed by atoms with Crippen LogP contribution in [0, 0.1) is 0 Å². The molecule has 0 bridgehead atoms. The molecular formula is C16H19ClN4O2S. The quantitative estimate of drug-likeness (QED) is 0.894. The first-order chi connectivity index (χ1) is 11.7. The van der Waals surface area contributed by atoms with Crippen LogP contribution in [-0.2, 0) is 4.74 Å². The van der Waals surface area contributed by atoms with E-state index in [2.05, 4.69) is 10.00 Å². The second kappa shape index (κ2) is 6.57. The van der Waals surface area contributed by atoms with Crippen LogP contribution in [0.2, 0.25) is 0 Å². The number of morpholine rings is 1. The molecule has 4 rings (SSSR count). The lowest BCUT2D eigenvalue weighted by Gasteiger charge is -2.37. The number of rotatable bonds is 3. The minimum absolute atomic E-state index is 0.149. The van der Waals surface area contributed by atoms with Gasteiger partial charge >= 0.3 is 0 Å². The topological polar surface area (TPSA) is 53.2 Å². The van der Waals surface area contributed by atoms with E-state index in [-0.39, 0.29) is 5.37 Å². The number of aliphatic hydroxyl groups excluding tert-OH is 1. The van der Waals surface area contributed by atoms with Gasteiger partial charge in [0.15, 0.2) is 0 Å². The molecule has 8 heteroatoms. The van der Waals surface area contributed by atoms with Crippen molar-refractivity contribution in [2.75, 3.05) is 33.4 Å². The highest BCUT2D eigenvalue weighted by Crippen LogP contribution is 2.46. The number of likely N-dealkylation sites (N-methyl/N-ethyl adjacent to an activating group) is 1. The summed E-state index contributed by atoms with van der Waals surface area (Å²) in [6.45, 7) is 2.77. The molecule has 0 spiro atoms. The summed E-state index contributed by atoms with van der Waals surface area (Å²) in [6, 6.07) is 5.94. The predicted molar refractivity (Wildman–Crippen MR) is 95.5 cm³/mol. The molecule has 2 atom stereocenters. The minimum atomic E-state index is -0.600. The van der Waals surface area contributed by atoms with E-state index >= 15 is 0 Å². The zero-order valence-electron chi connectivity index (χ0n) is 13.3. The fourth-order valence-electron chi connectivity index (χ4n) is 3.20. The second-order valence-corrected chi connectivity index (χ2v) is 7.62. The Morgan fingerprint density at radius 2 is 2.17 bits per heavy atom. The van der Waals surface area contributed by atoms with Crippen LogP contribution >= 0.6 is 23.4 Å². The van der Waals surface area contributed by atoms with Crippen molar-refractivity contribution in [3.05, 3.63) is 40.5 Å². The SMILES string of the molecule is CN1C(c2cnn3ccccc23)=C(Cl)SC1C(O)N1CCOCC1. The van der Waals surface area contributed by atoms with Gasteiger partial charge in [0.25, 0.3) is 0 Å². The zero-order chi connectivity index (χ0) is 16.7. The van der Waals surface area contributed by atoms with Crippen molar-refractivity contribution in [2.24, 2.45) is 0 Å². The van der Waals surface area contributed by atoms with E-state index in [1.807, 2.05) is 47.1 Å². The Kier molecular flexibility index (Phi) is 4.44. The molecule has 6 nitrogen and oxygen atoms in total. The van der Waals surface area contributed by atoms with Gasteiger partial charge in [-0.1, -0.05) is 29.4 Å². The third-order valence-corrected chi connectivity index (χ3v) is 6.15. The summed E-state index contributed by atoms with van der Waals surface area (Å²) in [5.41, 5.74) is 2.90. The Bertz CT molecular complexity index is 774. The molecule has 1 fully saturated rings. The van der Waals surface area contributed by atoms with Crippen molar-refractivity contribution in [1.82, 2.24) is 19.4 Å². The molecule has 0 aromatic carbocycles. The standard InChI is InChI=1S/C16H19ClN4O2S/c1-19-13(11-10-18-21-5-3-2-4-12(11)21)14(17)24-16(19)15(22)20-6-8-23-9-7-20/h2-5,10,15-16,22H,6-9H2,1H3. The summed E-state index contributed by atoms with van der Waals surface area (Å²) < 4.78 is 7.89. The summed E-state index contributed by atoms with van der Waals surface area (Å²) in [5.74, 6) is 0. The Morgan fingerprint density at radius 1 is 1.38 bits per heavy atom. The fraction of sp³-hybridized carbons (Fsp3) is 0.438. The first-order valence-corrected chi connectivity index (χ1v) is 9.14. The van der Waals surface area contributed by atoms with E-state index in [9.17, 15) is 5.11 Å².